The number of allylic oxidation sites excluding steroid dienone is 4. The molecule has 0 atom stereocenters. The van der Waals surface area contributed by atoms with Crippen molar-refractivity contribution in [1.29, 1.82) is 0 Å². The molecular weight excluding hydrogens is 391 g/mol. The van der Waals surface area contributed by atoms with Crippen LogP contribution in [0.2, 0.25) is 0 Å². The summed E-state index contributed by atoms with van der Waals surface area (Å²) < 4.78 is 0. The molecular formula is C15H34HfO2-8. The molecule has 0 aromatic heterocycles. The van der Waals surface area contributed by atoms with E-state index in [2.05, 4.69) is 12.2 Å². The van der Waals surface area contributed by atoms with E-state index >= 15 is 0 Å². The molecule has 3 heteroatoms. The van der Waals surface area contributed by atoms with Gasteiger partial charge in [0.1, 0.15) is 0 Å². The second-order valence-corrected chi connectivity index (χ2v) is 1.61. The second kappa shape index (κ2) is 86.5. The van der Waals surface area contributed by atoms with Crippen molar-refractivity contribution in [3.63, 3.8) is 0 Å². The molecule has 0 aromatic rings. The Morgan fingerprint density at radius 1 is 1.06 bits per heavy atom. The third-order valence-electron chi connectivity index (χ3n) is 0.586. The molecule has 1 aliphatic rings. The smallest absolute Gasteiger partial charge is 0.0402 e. The van der Waals surface area contributed by atoms with E-state index in [-0.39, 0.29) is 83.6 Å². The molecule has 1 rings (SSSR count). The molecule has 0 heterocycles. The Morgan fingerprint density at radius 2 is 1.33 bits per heavy atom. The zero-order valence-corrected chi connectivity index (χ0v) is 17.3. The largest absolute Gasteiger partial charge is 0.855 e. The van der Waals surface area contributed by atoms with Crippen LogP contribution in [-0.4, -0.2) is 18.3 Å². The van der Waals surface area contributed by atoms with Crippen molar-refractivity contribution in [3.8, 4) is 0 Å². The van der Waals surface area contributed by atoms with Crippen LogP contribution in [-0.2, 0) is 25.8 Å². The molecule has 0 aromatic carbocycles. The zero-order chi connectivity index (χ0) is 8.95. The van der Waals surface area contributed by atoms with Crippen LogP contribution in [0.5, 0.6) is 0 Å². The van der Waals surface area contributed by atoms with Gasteiger partial charge in [-0.05, 0) is 6.92 Å². The molecule has 1 N–H and O–H groups in total. The zero-order valence-electron chi connectivity index (χ0n) is 13.7. The third kappa shape index (κ3) is 137. The summed E-state index contributed by atoms with van der Waals surface area (Å²) in [6.07, 6.45) is 10.0. The predicted molar refractivity (Wildman–Crippen MR) is 83.4 cm³/mol. The summed E-state index contributed by atoms with van der Waals surface area (Å²) in [5.41, 5.74) is 0. The van der Waals surface area contributed by atoms with Crippen molar-refractivity contribution in [2.45, 2.75) is 20.3 Å². The van der Waals surface area contributed by atoms with E-state index in [4.69, 9.17) is 10.2 Å². The minimum Gasteiger partial charge on any atom is -0.855 e. The molecule has 0 spiro atoms. The van der Waals surface area contributed by atoms with E-state index in [1.165, 1.54) is 0 Å². The summed E-state index contributed by atoms with van der Waals surface area (Å²) in [5, 5.41) is 16.5. The van der Waals surface area contributed by atoms with Crippen LogP contribution in [0.3, 0.4) is 0 Å². The monoisotopic (exact) mass is 426 g/mol. The maximum absolute atomic E-state index is 8.93. The van der Waals surface area contributed by atoms with E-state index in [9.17, 15) is 0 Å². The third-order valence-corrected chi connectivity index (χ3v) is 0.586. The van der Waals surface area contributed by atoms with E-state index in [1.54, 1.807) is 13.8 Å². The fraction of sp³-hybridized carbons (Fsp3) is 0.333. The van der Waals surface area contributed by atoms with Gasteiger partial charge in [-0.2, -0.15) is 6.08 Å². The first-order valence-electron chi connectivity index (χ1n) is 3.74. The van der Waals surface area contributed by atoms with Crippen LogP contribution < -0.4 is 5.11 Å². The Hall–Kier alpha value is 0.270. The van der Waals surface area contributed by atoms with Crippen LogP contribution in [0.4, 0.5) is 0 Å². The minimum absolute atomic E-state index is 0. The number of aliphatic hydroxyl groups excluding tert-OH is 1. The quantitative estimate of drug-likeness (QED) is 0.478. The van der Waals surface area contributed by atoms with Gasteiger partial charge in [0.15, 0.2) is 0 Å². The van der Waals surface area contributed by atoms with Gasteiger partial charge in [0, 0.05) is 32.5 Å². The molecule has 0 radical (unpaired) electrons. The summed E-state index contributed by atoms with van der Waals surface area (Å²) >= 11 is 0. The fourth-order valence-electron chi connectivity index (χ4n) is 0.340. The SMILES string of the molecule is CCO.CC[O-].[C-]1=CC=CC1.[CH3-].[CH3-].[CH3-].[CH3-].[CH3-].[CH3-].[Hf]. The van der Waals surface area contributed by atoms with E-state index in [1.807, 2.05) is 12.2 Å². The van der Waals surface area contributed by atoms with Gasteiger partial charge in [0.2, 0.25) is 0 Å². The molecule has 18 heavy (non-hydrogen) atoms. The molecule has 118 valence electrons. The molecule has 0 aliphatic heterocycles. The van der Waals surface area contributed by atoms with Crippen LogP contribution in [0, 0.1) is 50.6 Å². The van der Waals surface area contributed by atoms with Crippen LogP contribution in [0.25, 0.3) is 0 Å². The van der Waals surface area contributed by atoms with Crippen molar-refractivity contribution in [3.05, 3.63) is 68.9 Å². The van der Waals surface area contributed by atoms with Gasteiger partial charge in [0.05, 0.1) is 0 Å². The van der Waals surface area contributed by atoms with E-state index < -0.39 is 0 Å². The summed E-state index contributed by atoms with van der Waals surface area (Å²) in [6.45, 7) is 3.50. The molecule has 2 nitrogen and oxygen atoms in total. The average Bonchev–Trinajstić information content (AvgIpc) is 2.44. The van der Waals surface area contributed by atoms with E-state index in [0.29, 0.717) is 0 Å². The van der Waals surface area contributed by atoms with Gasteiger partial charge in [-0.15, -0.1) is 13.0 Å². The Morgan fingerprint density at radius 3 is 1.39 bits per heavy atom. The molecule has 1 aliphatic carbocycles. The minimum atomic E-state index is 0. The van der Waals surface area contributed by atoms with Gasteiger partial charge in [-0.25, -0.2) is 12.2 Å². The number of hydrogen-bond acceptors (Lipinski definition) is 2. The van der Waals surface area contributed by atoms with Crippen LogP contribution in [0.15, 0.2) is 18.2 Å². The number of hydrogen-bond donors (Lipinski definition) is 1. The van der Waals surface area contributed by atoms with Gasteiger partial charge in [-0.1, -0.05) is 6.92 Å². The van der Waals surface area contributed by atoms with Crippen LogP contribution >= 0.6 is 0 Å². The van der Waals surface area contributed by atoms with Gasteiger partial charge >= 0.3 is 0 Å². The first kappa shape index (κ1) is 63.4. The summed E-state index contributed by atoms with van der Waals surface area (Å²) in [5.74, 6) is 0. The molecule has 0 saturated carbocycles. The summed E-state index contributed by atoms with van der Waals surface area (Å²) in [4.78, 5) is 0. The standard InChI is InChI=1S/C5H5.C2H6O.C2H5O.6CH3.Hf/c1-2-4-5-3-1;2*1-2-3;;;;;;;/h1-3H,4H2;3H,2H2,1H3;2H2,1H3;6*1H3;/q-1;;7*-1;. The molecule has 0 saturated heterocycles. The summed E-state index contributed by atoms with van der Waals surface area (Å²) in [6, 6.07) is 0. The molecule has 0 bridgehead atoms. The Balaban J connectivity index is -0.00000000837. The first-order valence-corrected chi connectivity index (χ1v) is 3.74. The Bertz CT molecular complexity index is 90.7. The van der Waals surface area contributed by atoms with Crippen molar-refractivity contribution in [2.24, 2.45) is 0 Å². The Labute approximate surface area is 138 Å². The number of rotatable bonds is 0. The molecule has 0 unspecified atom stereocenters. The van der Waals surface area contributed by atoms with Crippen molar-refractivity contribution in [2.75, 3.05) is 13.2 Å². The van der Waals surface area contributed by atoms with Gasteiger partial charge in [0.25, 0.3) is 0 Å². The average molecular weight is 425 g/mol. The normalized spacial score (nSPS) is 6.89. The Kier molecular flexibility index (Phi) is 305. The first-order chi connectivity index (χ1) is 5.33. The van der Waals surface area contributed by atoms with Crippen molar-refractivity contribution >= 4 is 0 Å². The topological polar surface area (TPSA) is 43.3 Å². The van der Waals surface area contributed by atoms with Crippen LogP contribution in [0.1, 0.15) is 20.3 Å². The fourth-order valence-corrected chi connectivity index (χ4v) is 0.340. The summed E-state index contributed by atoms with van der Waals surface area (Å²) in [7, 11) is 0. The number of aliphatic hydroxyl groups is 1. The van der Waals surface area contributed by atoms with Crippen molar-refractivity contribution in [1.82, 2.24) is 0 Å². The van der Waals surface area contributed by atoms with E-state index in [0.717, 1.165) is 6.42 Å². The second-order valence-electron chi connectivity index (χ2n) is 1.61. The van der Waals surface area contributed by atoms with Gasteiger partial charge < -0.3 is 54.8 Å². The van der Waals surface area contributed by atoms with Crippen molar-refractivity contribution < 1.29 is 36.1 Å². The van der Waals surface area contributed by atoms with Gasteiger partial charge in [-0.3, -0.25) is 6.08 Å². The molecule has 0 amide bonds. The maximum Gasteiger partial charge on any atom is 0.0402 e. The maximum atomic E-state index is 8.93. The predicted octanol–water partition coefficient (Wildman–Crippen LogP) is 3.37. The molecule has 0 fully saturated rings.